The van der Waals surface area contributed by atoms with Crippen molar-refractivity contribution < 1.29 is 14.3 Å². The number of carbonyl (C=O) groups is 2. The summed E-state index contributed by atoms with van der Waals surface area (Å²) in [5.41, 5.74) is 4.57. The predicted octanol–water partition coefficient (Wildman–Crippen LogP) is 1.67. The van der Waals surface area contributed by atoms with Crippen molar-refractivity contribution in [2.24, 2.45) is 5.73 Å². The third kappa shape index (κ3) is 8.39. The Labute approximate surface area is 127 Å². The van der Waals surface area contributed by atoms with E-state index in [1.54, 1.807) is 32.9 Å². The third-order valence-electron chi connectivity index (χ3n) is 1.58. The molecule has 1 heterocycles. The zero-order valence-electron chi connectivity index (χ0n) is 11.3. The second-order valence-electron chi connectivity index (χ2n) is 4.47. The highest BCUT2D eigenvalue weighted by Crippen LogP contribution is 2.16. The van der Waals surface area contributed by atoms with Gasteiger partial charge in [-0.15, -0.1) is 0 Å². The fraction of sp³-hybridized carbons (Fsp3) is 0.333. The Morgan fingerprint density at radius 1 is 1.55 bits per heavy atom. The molecule has 0 spiro atoms. The van der Waals surface area contributed by atoms with Crippen LogP contribution in [0.3, 0.4) is 0 Å². The summed E-state index contributed by atoms with van der Waals surface area (Å²) in [6, 6.07) is 3.23. The molecule has 0 unspecified atom stereocenters. The molecule has 1 aromatic rings. The first-order valence-electron chi connectivity index (χ1n) is 5.51. The highest BCUT2D eigenvalue weighted by Gasteiger charge is 2.19. The summed E-state index contributed by atoms with van der Waals surface area (Å²) >= 11 is 9.97. The first-order valence-corrected chi connectivity index (χ1v) is 6.29. The second kappa shape index (κ2) is 8.44. The van der Waals surface area contributed by atoms with Gasteiger partial charge in [0.2, 0.25) is 6.41 Å². The molecule has 110 valence electrons. The van der Waals surface area contributed by atoms with Gasteiger partial charge in [-0.1, -0.05) is 11.6 Å². The number of thiocarbonyl (C=S) groups is 1. The smallest absolute Gasteiger partial charge is 0.341 e. The van der Waals surface area contributed by atoms with Crippen molar-refractivity contribution in [3.8, 4) is 0 Å². The van der Waals surface area contributed by atoms with Gasteiger partial charge in [0.05, 0.1) is 5.56 Å². The molecular weight excluding hydrogens is 302 g/mol. The number of carbonyl (C=O) groups excluding carboxylic acids is 2. The van der Waals surface area contributed by atoms with Crippen LogP contribution in [-0.2, 0) is 9.53 Å². The fourth-order valence-corrected chi connectivity index (χ4v) is 1.17. The van der Waals surface area contributed by atoms with E-state index in [0.29, 0.717) is 12.0 Å². The molecule has 1 rings (SSSR count). The highest BCUT2D eigenvalue weighted by atomic mass is 35.5. The van der Waals surface area contributed by atoms with Gasteiger partial charge in [-0.25, -0.2) is 9.78 Å². The molecule has 1 amide bonds. The number of nitrogens with zero attached hydrogens (tertiary/aromatic N) is 1. The van der Waals surface area contributed by atoms with Crippen LogP contribution in [0.4, 0.5) is 0 Å². The van der Waals surface area contributed by atoms with E-state index < -0.39 is 11.6 Å². The molecule has 20 heavy (non-hydrogen) atoms. The molecule has 0 saturated carbocycles. The Balaban J connectivity index is 0.000000511. The minimum absolute atomic E-state index is 0.00463. The first kappa shape index (κ1) is 18.3. The molecule has 0 radical (unpaired) electrons. The maximum absolute atomic E-state index is 11.5. The molecule has 0 saturated heterocycles. The minimum Gasteiger partial charge on any atom is -0.456 e. The van der Waals surface area contributed by atoms with Crippen LogP contribution in [0.2, 0.25) is 5.15 Å². The van der Waals surface area contributed by atoms with Crippen molar-refractivity contribution >= 4 is 41.3 Å². The third-order valence-corrected chi connectivity index (χ3v) is 2.00. The molecule has 3 N–H and O–H groups in total. The van der Waals surface area contributed by atoms with Gasteiger partial charge in [-0.2, -0.15) is 0 Å². The maximum atomic E-state index is 11.5. The average molecular weight is 318 g/mol. The van der Waals surface area contributed by atoms with Crippen LogP contribution in [0.1, 0.15) is 31.1 Å². The quantitative estimate of drug-likeness (QED) is 0.373. The summed E-state index contributed by atoms with van der Waals surface area (Å²) in [5.74, 6) is -0.449. The highest BCUT2D eigenvalue weighted by molar-refractivity contribution is 7.80. The number of nitrogens with one attached hydrogen (secondary N) is 1. The number of rotatable bonds is 2. The molecule has 0 aliphatic heterocycles. The van der Waals surface area contributed by atoms with Gasteiger partial charge < -0.3 is 15.8 Å². The molecule has 8 heteroatoms. The number of amides is 1. The van der Waals surface area contributed by atoms with Crippen LogP contribution in [0.15, 0.2) is 18.3 Å². The summed E-state index contributed by atoms with van der Waals surface area (Å²) < 4.78 is 5.14. The largest absolute Gasteiger partial charge is 0.456 e. The Morgan fingerprint density at radius 3 is 2.50 bits per heavy atom. The van der Waals surface area contributed by atoms with Crippen molar-refractivity contribution in [2.75, 3.05) is 0 Å². The Hall–Kier alpha value is -1.73. The Kier molecular flexibility index (Phi) is 7.71. The van der Waals surface area contributed by atoms with Crippen molar-refractivity contribution in [1.29, 1.82) is 0 Å². The zero-order valence-corrected chi connectivity index (χ0v) is 12.9. The fourth-order valence-electron chi connectivity index (χ4n) is 0.929. The topological polar surface area (TPSA) is 94.3 Å². The normalized spacial score (nSPS) is 9.80. The van der Waals surface area contributed by atoms with Crippen LogP contribution >= 0.6 is 23.8 Å². The van der Waals surface area contributed by atoms with Crippen LogP contribution in [0.25, 0.3) is 0 Å². The second-order valence-corrected chi connectivity index (χ2v) is 5.27. The molecule has 0 aromatic carbocycles. The number of nitrogens with two attached hydrogens (primary N) is 1. The van der Waals surface area contributed by atoms with Crippen LogP contribution < -0.4 is 11.1 Å². The number of ether oxygens (including phenoxy) is 1. The van der Waals surface area contributed by atoms with Gasteiger partial charge in [-0.05, 0) is 45.1 Å². The van der Waals surface area contributed by atoms with E-state index in [1.807, 2.05) is 5.32 Å². The summed E-state index contributed by atoms with van der Waals surface area (Å²) in [4.78, 5) is 24.7. The summed E-state index contributed by atoms with van der Waals surface area (Å²) in [6.07, 6.45) is 1.96. The standard InChI is InChI=1S/C10H12ClNO2.C2H4N2OS/c1-10(2,3)14-9(13)7-5-4-6-12-8(7)11;3-2(6)4-1-5/h4-6H,1-3H3;1H,(H3,3,4,5,6). The van der Waals surface area contributed by atoms with Gasteiger partial charge in [0.1, 0.15) is 10.8 Å². The molecule has 0 fully saturated rings. The predicted molar refractivity (Wildman–Crippen MR) is 80.4 cm³/mol. The van der Waals surface area contributed by atoms with Crippen LogP contribution in [0.5, 0.6) is 0 Å². The average Bonchev–Trinajstić information content (AvgIpc) is 2.27. The van der Waals surface area contributed by atoms with Gasteiger partial charge in [0.15, 0.2) is 5.11 Å². The van der Waals surface area contributed by atoms with Crippen molar-refractivity contribution in [3.05, 3.63) is 29.0 Å². The number of hydrogen-bond donors (Lipinski definition) is 2. The monoisotopic (exact) mass is 317 g/mol. The zero-order chi connectivity index (χ0) is 15.8. The lowest BCUT2D eigenvalue weighted by molar-refractivity contribution is -0.108. The van der Waals surface area contributed by atoms with Crippen LogP contribution in [-0.4, -0.2) is 28.1 Å². The van der Waals surface area contributed by atoms with E-state index in [-0.39, 0.29) is 10.3 Å². The van der Waals surface area contributed by atoms with Crippen LogP contribution in [0, 0.1) is 0 Å². The van der Waals surface area contributed by atoms with E-state index in [1.165, 1.54) is 6.20 Å². The van der Waals surface area contributed by atoms with Crippen molar-refractivity contribution in [2.45, 2.75) is 26.4 Å². The lowest BCUT2D eigenvalue weighted by Crippen LogP contribution is -2.27. The van der Waals surface area contributed by atoms with Gasteiger partial charge >= 0.3 is 5.97 Å². The van der Waals surface area contributed by atoms with Gasteiger partial charge in [0.25, 0.3) is 0 Å². The summed E-state index contributed by atoms with van der Waals surface area (Å²) in [5, 5.41) is 2.21. The molecule has 0 bridgehead atoms. The first-order chi connectivity index (χ1) is 9.17. The number of esters is 1. The Bertz CT molecular complexity index is 489. The van der Waals surface area contributed by atoms with E-state index >= 15 is 0 Å². The molecular formula is C12H16ClN3O3S. The van der Waals surface area contributed by atoms with E-state index in [0.717, 1.165) is 0 Å². The van der Waals surface area contributed by atoms with Gasteiger partial charge in [-0.3, -0.25) is 4.79 Å². The maximum Gasteiger partial charge on any atom is 0.341 e. The number of pyridine rings is 1. The SMILES string of the molecule is CC(C)(C)OC(=O)c1cccnc1Cl.NC(=S)NC=O. The molecule has 1 aromatic heterocycles. The van der Waals surface area contributed by atoms with E-state index in [4.69, 9.17) is 22.1 Å². The lowest BCUT2D eigenvalue weighted by atomic mass is 10.2. The summed E-state index contributed by atoms with van der Waals surface area (Å²) in [6.45, 7) is 5.40. The molecule has 0 atom stereocenters. The number of halogens is 1. The molecule has 0 aliphatic carbocycles. The summed E-state index contributed by atoms with van der Waals surface area (Å²) in [7, 11) is 0. The molecule has 0 aliphatic rings. The van der Waals surface area contributed by atoms with Gasteiger partial charge in [0, 0.05) is 6.20 Å². The minimum atomic E-state index is -0.518. The number of hydrogen-bond acceptors (Lipinski definition) is 5. The van der Waals surface area contributed by atoms with E-state index in [9.17, 15) is 9.59 Å². The Morgan fingerprint density at radius 2 is 2.15 bits per heavy atom. The van der Waals surface area contributed by atoms with E-state index in [2.05, 4.69) is 17.2 Å². The lowest BCUT2D eigenvalue weighted by Gasteiger charge is -2.19. The van der Waals surface area contributed by atoms with Crippen molar-refractivity contribution in [3.63, 3.8) is 0 Å². The molecule has 6 nitrogen and oxygen atoms in total. The number of aromatic nitrogens is 1. The van der Waals surface area contributed by atoms with Crippen molar-refractivity contribution in [1.82, 2.24) is 10.3 Å².